The van der Waals surface area contributed by atoms with Crippen molar-refractivity contribution in [1.29, 1.82) is 0 Å². The van der Waals surface area contributed by atoms with Crippen LogP contribution in [-0.2, 0) is 17.9 Å². The van der Waals surface area contributed by atoms with E-state index < -0.39 is 11.2 Å². The number of aromatic nitrogens is 3. The van der Waals surface area contributed by atoms with Gasteiger partial charge in [0.1, 0.15) is 12.3 Å². The Kier molecular flexibility index (Phi) is 5.88. The van der Waals surface area contributed by atoms with Crippen LogP contribution in [0.4, 0.5) is 0 Å². The van der Waals surface area contributed by atoms with E-state index in [2.05, 4.69) is 11.9 Å². The van der Waals surface area contributed by atoms with Crippen LogP contribution in [0.15, 0.2) is 52.2 Å². The highest BCUT2D eigenvalue weighted by Gasteiger charge is 2.23. The lowest BCUT2D eigenvalue weighted by atomic mass is 9.99. The second-order valence-corrected chi connectivity index (χ2v) is 8.04. The molecule has 162 valence electrons. The van der Waals surface area contributed by atoms with E-state index in [0.717, 1.165) is 23.0 Å². The molecule has 0 N–H and O–H groups in total. The van der Waals surface area contributed by atoms with Gasteiger partial charge in [0.2, 0.25) is 5.91 Å². The third-order valence-electron chi connectivity index (χ3n) is 5.92. The molecule has 0 atom stereocenters. The fraction of sp³-hybridized carbons (Fsp3) is 0.391. The molecular weight excluding hydrogens is 396 g/mol. The van der Waals surface area contributed by atoms with Crippen LogP contribution >= 0.6 is 0 Å². The van der Waals surface area contributed by atoms with Gasteiger partial charge >= 0.3 is 5.69 Å². The molecule has 1 amide bonds. The maximum absolute atomic E-state index is 13.3. The van der Waals surface area contributed by atoms with Crippen LogP contribution in [0, 0.1) is 5.92 Å². The van der Waals surface area contributed by atoms with Crippen molar-refractivity contribution in [2.24, 2.45) is 5.92 Å². The predicted octanol–water partition coefficient (Wildman–Crippen LogP) is 1.87. The minimum atomic E-state index is -0.514. The van der Waals surface area contributed by atoms with Gasteiger partial charge in [0, 0.05) is 19.3 Å². The van der Waals surface area contributed by atoms with Gasteiger partial charge in [-0.05, 0) is 48.6 Å². The van der Waals surface area contributed by atoms with Crippen molar-refractivity contribution >= 4 is 16.9 Å². The first-order valence-electron chi connectivity index (χ1n) is 10.5. The molecule has 1 saturated heterocycles. The SMILES string of the molecule is COc1ccc(Cn2c(=O)c3ncccc3n(CC(=O)N3CCC(C)CC3)c2=O)cc1. The van der Waals surface area contributed by atoms with Crippen molar-refractivity contribution in [3.8, 4) is 5.75 Å². The Balaban J connectivity index is 1.73. The number of carbonyl (C=O) groups excluding carboxylic acids is 1. The van der Waals surface area contributed by atoms with Crippen molar-refractivity contribution in [2.45, 2.75) is 32.9 Å². The minimum Gasteiger partial charge on any atom is -0.497 e. The van der Waals surface area contributed by atoms with Crippen LogP contribution in [0.3, 0.4) is 0 Å². The Morgan fingerprint density at radius 2 is 1.81 bits per heavy atom. The first kappa shape index (κ1) is 20.8. The van der Waals surface area contributed by atoms with E-state index in [1.807, 2.05) is 0 Å². The monoisotopic (exact) mass is 422 g/mol. The zero-order chi connectivity index (χ0) is 22.0. The van der Waals surface area contributed by atoms with Gasteiger partial charge in [0.05, 0.1) is 19.2 Å². The lowest BCUT2D eigenvalue weighted by molar-refractivity contribution is -0.133. The Bertz CT molecular complexity index is 1200. The molecule has 1 aliphatic heterocycles. The van der Waals surface area contributed by atoms with Gasteiger partial charge in [-0.1, -0.05) is 19.1 Å². The van der Waals surface area contributed by atoms with E-state index in [0.29, 0.717) is 30.3 Å². The lowest BCUT2D eigenvalue weighted by Gasteiger charge is -2.30. The highest BCUT2D eigenvalue weighted by Crippen LogP contribution is 2.17. The fourth-order valence-electron chi connectivity index (χ4n) is 3.94. The largest absolute Gasteiger partial charge is 0.497 e. The summed E-state index contributed by atoms with van der Waals surface area (Å²) in [5.41, 5.74) is 0.350. The molecule has 1 aliphatic rings. The number of hydrogen-bond donors (Lipinski definition) is 0. The van der Waals surface area contributed by atoms with Crippen LogP contribution in [0.2, 0.25) is 0 Å². The summed E-state index contributed by atoms with van der Waals surface area (Å²) < 4.78 is 7.68. The van der Waals surface area contributed by atoms with Gasteiger partial charge in [0.15, 0.2) is 5.52 Å². The number of nitrogens with zero attached hydrogens (tertiary/aromatic N) is 4. The van der Waals surface area contributed by atoms with Gasteiger partial charge < -0.3 is 9.64 Å². The number of pyridine rings is 1. The normalized spacial score (nSPS) is 14.7. The van der Waals surface area contributed by atoms with Crippen molar-refractivity contribution in [3.63, 3.8) is 0 Å². The number of carbonyl (C=O) groups is 1. The summed E-state index contributed by atoms with van der Waals surface area (Å²) in [7, 11) is 1.58. The van der Waals surface area contributed by atoms with Crippen molar-refractivity contribution in [1.82, 2.24) is 19.0 Å². The average molecular weight is 422 g/mol. The third-order valence-corrected chi connectivity index (χ3v) is 5.92. The van der Waals surface area contributed by atoms with Gasteiger partial charge in [-0.2, -0.15) is 0 Å². The van der Waals surface area contributed by atoms with E-state index in [1.54, 1.807) is 48.4 Å². The average Bonchev–Trinajstić information content (AvgIpc) is 2.80. The van der Waals surface area contributed by atoms with Crippen molar-refractivity contribution in [3.05, 3.63) is 69.0 Å². The Morgan fingerprint density at radius 3 is 2.48 bits per heavy atom. The quantitative estimate of drug-likeness (QED) is 0.627. The Morgan fingerprint density at radius 1 is 1.10 bits per heavy atom. The van der Waals surface area contributed by atoms with Crippen LogP contribution in [-0.4, -0.2) is 45.1 Å². The topological polar surface area (TPSA) is 86.4 Å². The van der Waals surface area contributed by atoms with Gasteiger partial charge in [-0.15, -0.1) is 0 Å². The standard InChI is InChI=1S/C23H26N4O4/c1-16-9-12-25(13-10-16)20(28)15-26-19-4-3-11-24-21(19)22(29)27(23(26)30)14-17-5-7-18(31-2)8-6-17/h3-8,11,16H,9-10,12-15H2,1-2H3. The summed E-state index contributed by atoms with van der Waals surface area (Å²) in [6.07, 6.45) is 3.43. The molecule has 0 bridgehead atoms. The zero-order valence-corrected chi connectivity index (χ0v) is 17.8. The molecule has 4 rings (SSSR count). The molecule has 0 saturated carbocycles. The number of methoxy groups -OCH3 is 1. The van der Waals surface area contributed by atoms with Crippen LogP contribution < -0.4 is 16.0 Å². The van der Waals surface area contributed by atoms with Gasteiger partial charge in [-0.3, -0.25) is 18.7 Å². The summed E-state index contributed by atoms with van der Waals surface area (Å²) in [4.78, 5) is 45.3. The van der Waals surface area contributed by atoms with Crippen molar-refractivity contribution < 1.29 is 9.53 Å². The number of piperidine rings is 1. The number of hydrogen-bond acceptors (Lipinski definition) is 5. The first-order chi connectivity index (χ1) is 15.0. The molecule has 0 radical (unpaired) electrons. The molecule has 0 spiro atoms. The Labute approximate surface area is 179 Å². The number of benzene rings is 1. The summed E-state index contributed by atoms with van der Waals surface area (Å²) in [5.74, 6) is 1.17. The molecule has 1 fully saturated rings. The van der Waals surface area contributed by atoms with E-state index >= 15 is 0 Å². The van der Waals surface area contributed by atoms with E-state index in [-0.39, 0.29) is 24.5 Å². The number of ether oxygens (including phenoxy) is 1. The molecule has 8 heteroatoms. The first-order valence-corrected chi connectivity index (χ1v) is 10.5. The molecule has 3 heterocycles. The number of likely N-dealkylation sites (tertiary alicyclic amines) is 1. The molecule has 3 aromatic rings. The molecule has 1 aromatic carbocycles. The molecule has 31 heavy (non-hydrogen) atoms. The second-order valence-electron chi connectivity index (χ2n) is 8.04. The van der Waals surface area contributed by atoms with Crippen LogP contribution in [0.5, 0.6) is 5.75 Å². The van der Waals surface area contributed by atoms with E-state index in [1.165, 1.54) is 10.8 Å². The molecule has 2 aromatic heterocycles. The Hall–Kier alpha value is -3.42. The molecular formula is C23H26N4O4. The van der Waals surface area contributed by atoms with Crippen molar-refractivity contribution in [2.75, 3.05) is 20.2 Å². The van der Waals surface area contributed by atoms with Gasteiger partial charge in [-0.25, -0.2) is 9.78 Å². The minimum absolute atomic E-state index is 0.0869. The fourth-order valence-corrected chi connectivity index (χ4v) is 3.94. The highest BCUT2D eigenvalue weighted by molar-refractivity contribution is 5.79. The smallest absolute Gasteiger partial charge is 0.332 e. The zero-order valence-electron chi connectivity index (χ0n) is 17.8. The van der Waals surface area contributed by atoms with E-state index in [4.69, 9.17) is 4.74 Å². The maximum Gasteiger partial charge on any atom is 0.332 e. The summed E-state index contributed by atoms with van der Waals surface area (Å²) >= 11 is 0. The summed E-state index contributed by atoms with van der Waals surface area (Å²) in [6.45, 7) is 3.54. The molecule has 8 nitrogen and oxygen atoms in total. The maximum atomic E-state index is 13.3. The third kappa shape index (κ3) is 4.23. The number of fused-ring (bicyclic) bond motifs is 1. The van der Waals surface area contributed by atoms with Crippen LogP contribution in [0.1, 0.15) is 25.3 Å². The lowest BCUT2D eigenvalue weighted by Crippen LogP contribution is -2.45. The molecule has 0 aliphatic carbocycles. The van der Waals surface area contributed by atoms with Crippen LogP contribution in [0.25, 0.3) is 11.0 Å². The van der Waals surface area contributed by atoms with Gasteiger partial charge in [0.25, 0.3) is 5.56 Å². The van der Waals surface area contributed by atoms with E-state index in [9.17, 15) is 14.4 Å². The number of amides is 1. The summed E-state index contributed by atoms with van der Waals surface area (Å²) in [5, 5.41) is 0. The second kappa shape index (κ2) is 8.75. The predicted molar refractivity (Wildman–Crippen MR) is 117 cm³/mol. The highest BCUT2D eigenvalue weighted by atomic mass is 16.5. The summed E-state index contributed by atoms with van der Waals surface area (Å²) in [6, 6.07) is 10.5. The number of rotatable bonds is 5. The molecule has 0 unspecified atom stereocenters.